The highest BCUT2D eigenvalue weighted by Gasteiger charge is 2.31. The Balaban J connectivity index is 1.61. The van der Waals surface area contributed by atoms with Crippen LogP contribution in [-0.4, -0.2) is 71.1 Å². The average Bonchev–Trinajstić information content (AvgIpc) is 2.98. The largest absolute Gasteiger partial charge is 0.379 e. The van der Waals surface area contributed by atoms with Crippen LogP contribution in [0.25, 0.3) is 0 Å². The summed E-state index contributed by atoms with van der Waals surface area (Å²) in [5.41, 5.74) is 0.435. The highest BCUT2D eigenvalue weighted by atomic mass is 16.5. The molecule has 0 bridgehead atoms. The Kier molecular flexibility index (Phi) is 3.70. The second kappa shape index (κ2) is 5.63. The fraction of sp³-hybridized carbons (Fsp3) is 0.615. The van der Waals surface area contributed by atoms with Gasteiger partial charge in [0.15, 0.2) is 0 Å². The van der Waals surface area contributed by atoms with Gasteiger partial charge in [-0.15, -0.1) is 0 Å². The van der Waals surface area contributed by atoms with E-state index >= 15 is 0 Å². The van der Waals surface area contributed by atoms with E-state index in [0.717, 1.165) is 45.8 Å². The SMILES string of the molecule is O=C(c1cnccn1)N1CCC(N2CCOCC2)C1. The van der Waals surface area contributed by atoms with E-state index in [2.05, 4.69) is 14.9 Å². The van der Waals surface area contributed by atoms with Crippen LogP contribution in [0.5, 0.6) is 0 Å². The molecule has 2 aliphatic heterocycles. The zero-order chi connectivity index (χ0) is 13.1. The Morgan fingerprint density at radius 1 is 1.26 bits per heavy atom. The van der Waals surface area contributed by atoms with E-state index in [9.17, 15) is 4.79 Å². The van der Waals surface area contributed by atoms with E-state index in [4.69, 9.17) is 4.74 Å². The van der Waals surface area contributed by atoms with Crippen molar-refractivity contribution in [3.8, 4) is 0 Å². The van der Waals surface area contributed by atoms with Gasteiger partial charge in [0, 0.05) is 44.6 Å². The number of carbonyl (C=O) groups is 1. The molecule has 1 unspecified atom stereocenters. The standard InChI is InChI=1S/C13H18N4O2/c18-13(12-9-14-2-3-15-12)17-4-1-11(10-17)16-5-7-19-8-6-16/h2-3,9,11H,1,4-8,10H2. The number of carbonyl (C=O) groups excluding carboxylic acids is 1. The molecular formula is C13H18N4O2. The molecule has 0 aliphatic carbocycles. The molecule has 1 aromatic rings. The van der Waals surface area contributed by atoms with Crippen molar-refractivity contribution in [2.75, 3.05) is 39.4 Å². The maximum absolute atomic E-state index is 12.3. The number of nitrogens with zero attached hydrogens (tertiary/aromatic N) is 4. The highest BCUT2D eigenvalue weighted by molar-refractivity contribution is 5.92. The van der Waals surface area contributed by atoms with Crippen LogP contribution in [0.15, 0.2) is 18.6 Å². The first-order chi connectivity index (χ1) is 9.34. The van der Waals surface area contributed by atoms with E-state index in [1.165, 1.54) is 6.20 Å². The highest BCUT2D eigenvalue weighted by Crippen LogP contribution is 2.18. The molecule has 0 N–H and O–H groups in total. The summed E-state index contributed by atoms with van der Waals surface area (Å²) in [6, 6.07) is 0.463. The van der Waals surface area contributed by atoms with Gasteiger partial charge in [-0.2, -0.15) is 0 Å². The van der Waals surface area contributed by atoms with Gasteiger partial charge >= 0.3 is 0 Å². The van der Waals surface area contributed by atoms with Crippen LogP contribution in [0, 0.1) is 0 Å². The molecule has 102 valence electrons. The molecule has 0 spiro atoms. The second-order valence-corrected chi connectivity index (χ2v) is 4.93. The maximum atomic E-state index is 12.3. The third-order valence-corrected chi connectivity index (χ3v) is 3.79. The fourth-order valence-electron chi connectivity index (χ4n) is 2.74. The van der Waals surface area contributed by atoms with Gasteiger partial charge in [-0.25, -0.2) is 4.98 Å². The molecule has 0 aromatic carbocycles. The van der Waals surface area contributed by atoms with Crippen LogP contribution in [0.3, 0.4) is 0 Å². The van der Waals surface area contributed by atoms with Gasteiger partial charge in [0.25, 0.3) is 5.91 Å². The lowest BCUT2D eigenvalue weighted by atomic mass is 10.2. The summed E-state index contributed by atoms with van der Waals surface area (Å²) in [6.07, 6.45) is 5.70. The topological polar surface area (TPSA) is 58.6 Å². The summed E-state index contributed by atoms with van der Waals surface area (Å²) < 4.78 is 5.36. The van der Waals surface area contributed by atoms with Crippen LogP contribution in [0.4, 0.5) is 0 Å². The summed E-state index contributed by atoms with van der Waals surface area (Å²) >= 11 is 0. The second-order valence-electron chi connectivity index (χ2n) is 4.93. The van der Waals surface area contributed by atoms with E-state index in [-0.39, 0.29) is 5.91 Å². The van der Waals surface area contributed by atoms with Crippen molar-refractivity contribution in [1.29, 1.82) is 0 Å². The Hall–Kier alpha value is -1.53. The monoisotopic (exact) mass is 262 g/mol. The molecule has 0 radical (unpaired) electrons. The first kappa shape index (κ1) is 12.5. The molecule has 2 aliphatic rings. The molecule has 0 saturated carbocycles. The minimum Gasteiger partial charge on any atom is -0.379 e. The fourth-order valence-corrected chi connectivity index (χ4v) is 2.74. The molecule has 3 heterocycles. The molecule has 2 saturated heterocycles. The molecule has 19 heavy (non-hydrogen) atoms. The predicted molar refractivity (Wildman–Crippen MR) is 68.7 cm³/mol. The first-order valence-electron chi connectivity index (χ1n) is 6.71. The molecule has 1 amide bonds. The van der Waals surface area contributed by atoms with E-state index in [1.807, 2.05) is 4.90 Å². The van der Waals surface area contributed by atoms with Crippen molar-refractivity contribution >= 4 is 5.91 Å². The van der Waals surface area contributed by atoms with E-state index in [0.29, 0.717) is 11.7 Å². The van der Waals surface area contributed by atoms with E-state index in [1.54, 1.807) is 12.4 Å². The number of ether oxygens (including phenoxy) is 1. The third-order valence-electron chi connectivity index (χ3n) is 3.79. The maximum Gasteiger partial charge on any atom is 0.274 e. The summed E-state index contributed by atoms with van der Waals surface area (Å²) in [4.78, 5) is 24.6. The van der Waals surface area contributed by atoms with Crippen LogP contribution in [0.1, 0.15) is 16.9 Å². The Labute approximate surface area is 112 Å². The Bertz CT molecular complexity index is 434. The summed E-state index contributed by atoms with van der Waals surface area (Å²) in [5.74, 6) is -0.0103. The number of hydrogen-bond donors (Lipinski definition) is 0. The predicted octanol–water partition coefficient (Wildman–Crippen LogP) is 0.0233. The molecule has 3 rings (SSSR count). The van der Waals surface area contributed by atoms with Gasteiger partial charge in [-0.05, 0) is 6.42 Å². The Morgan fingerprint density at radius 2 is 2.11 bits per heavy atom. The number of hydrogen-bond acceptors (Lipinski definition) is 5. The lowest BCUT2D eigenvalue weighted by Gasteiger charge is -2.32. The van der Waals surface area contributed by atoms with Gasteiger partial charge in [0.05, 0.1) is 19.4 Å². The van der Waals surface area contributed by atoms with Crippen molar-refractivity contribution in [2.24, 2.45) is 0 Å². The van der Waals surface area contributed by atoms with Crippen molar-refractivity contribution < 1.29 is 9.53 Å². The molecule has 6 heteroatoms. The minimum absolute atomic E-state index is 0.0103. The lowest BCUT2D eigenvalue weighted by Crippen LogP contribution is -2.45. The van der Waals surface area contributed by atoms with Crippen LogP contribution in [-0.2, 0) is 4.74 Å². The smallest absolute Gasteiger partial charge is 0.274 e. The van der Waals surface area contributed by atoms with Crippen LogP contribution in [0.2, 0.25) is 0 Å². The summed E-state index contributed by atoms with van der Waals surface area (Å²) in [5, 5.41) is 0. The van der Waals surface area contributed by atoms with Gasteiger partial charge in [-0.1, -0.05) is 0 Å². The van der Waals surface area contributed by atoms with Gasteiger partial charge in [-0.3, -0.25) is 14.7 Å². The van der Waals surface area contributed by atoms with Gasteiger partial charge in [0.1, 0.15) is 5.69 Å². The quantitative estimate of drug-likeness (QED) is 0.752. The molecule has 2 fully saturated rings. The molecular weight excluding hydrogens is 244 g/mol. The number of likely N-dealkylation sites (tertiary alicyclic amines) is 1. The molecule has 1 atom stereocenters. The molecule has 6 nitrogen and oxygen atoms in total. The summed E-state index contributed by atoms with van der Waals surface area (Å²) in [7, 11) is 0. The zero-order valence-corrected chi connectivity index (χ0v) is 10.9. The molecule has 1 aromatic heterocycles. The normalized spacial score (nSPS) is 24.6. The minimum atomic E-state index is -0.0103. The number of aromatic nitrogens is 2. The van der Waals surface area contributed by atoms with Crippen LogP contribution < -0.4 is 0 Å². The average molecular weight is 262 g/mol. The van der Waals surface area contributed by atoms with Crippen molar-refractivity contribution in [3.63, 3.8) is 0 Å². The lowest BCUT2D eigenvalue weighted by molar-refractivity contribution is 0.0185. The van der Waals surface area contributed by atoms with Crippen molar-refractivity contribution in [2.45, 2.75) is 12.5 Å². The number of rotatable bonds is 2. The summed E-state index contributed by atoms with van der Waals surface area (Å²) in [6.45, 7) is 5.13. The number of amides is 1. The first-order valence-corrected chi connectivity index (χ1v) is 6.71. The number of morpholine rings is 1. The van der Waals surface area contributed by atoms with Crippen molar-refractivity contribution in [1.82, 2.24) is 19.8 Å². The van der Waals surface area contributed by atoms with Crippen molar-refractivity contribution in [3.05, 3.63) is 24.3 Å². The van der Waals surface area contributed by atoms with Crippen LogP contribution >= 0.6 is 0 Å². The van der Waals surface area contributed by atoms with Gasteiger partial charge < -0.3 is 9.64 Å². The van der Waals surface area contributed by atoms with E-state index < -0.39 is 0 Å². The zero-order valence-electron chi connectivity index (χ0n) is 10.9. The third kappa shape index (κ3) is 2.74. The Morgan fingerprint density at radius 3 is 2.84 bits per heavy atom. The van der Waals surface area contributed by atoms with Gasteiger partial charge in [0.2, 0.25) is 0 Å².